The van der Waals surface area contributed by atoms with E-state index in [-0.39, 0.29) is 30.3 Å². The third-order valence-electron chi connectivity index (χ3n) is 3.94. The molecule has 2 rings (SSSR count). The van der Waals surface area contributed by atoms with Gasteiger partial charge in [-0.05, 0) is 37.6 Å². The van der Waals surface area contributed by atoms with Crippen LogP contribution in [0.3, 0.4) is 0 Å². The standard InChI is InChI=1S/C15H22N2O2.ClH/c1-11(12-4-6-14(19-3)7-5-12)17(2)15(18)13-8-9-16-10-13;/h4-7,11,13,16H,8-10H2,1-3H3;1H. The molecule has 5 heteroatoms. The summed E-state index contributed by atoms with van der Waals surface area (Å²) in [5.41, 5.74) is 1.13. The molecule has 1 aromatic carbocycles. The van der Waals surface area contributed by atoms with Crippen molar-refractivity contribution in [3.05, 3.63) is 29.8 Å². The number of hydrogen-bond acceptors (Lipinski definition) is 3. The second kappa shape index (κ2) is 7.50. The highest BCUT2D eigenvalue weighted by atomic mass is 35.5. The van der Waals surface area contributed by atoms with E-state index in [9.17, 15) is 4.79 Å². The van der Waals surface area contributed by atoms with Crippen molar-refractivity contribution in [2.24, 2.45) is 5.92 Å². The topological polar surface area (TPSA) is 41.6 Å². The molecule has 2 unspecified atom stereocenters. The van der Waals surface area contributed by atoms with Gasteiger partial charge in [0.1, 0.15) is 5.75 Å². The first-order valence-corrected chi connectivity index (χ1v) is 6.75. The highest BCUT2D eigenvalue weighted by molar-refractivity contribution is 5.85. The van der Waals surface area contributed by atoms with Crippen LogP contribution in [0.5, 0.6) is 5.75 Å². The predicted octanol–water partition coefficient (Wildman–Crippen LogP) is 2.25. The molecule has 1 amide bonds. The van der Waals surface area contributed by atoms with Gasteiger partial charge in [-0.15, -0.1) is 12.4 Å². The molecule has 1 N–H and O–H groups in total. The van der Waals surface area contributed by atoms with Crippen LogP contribution in [0.4, 0.5) is 0 Å². The molecule has 4 nitrogen and oxygen atoms in total. The number of methoxy groups -OCH3 is 1. The highest BCUT2D eigenvalue weighted by Crippen LogP contribution is 2.24. The summed E-state index contributed by atoms with van der Waals surface area (Å²) in [5, 5.41) is 3.24. The van der Waals surface area contributed by atoms with E-state index in [4.69, 9.17) is 4.74 Å². The van der Waals surface area contributed by atoms with Crippen molar-refractivity contribution in [3.8, 4) is 5.75 Å². The largest absolute Gasteiger partial charge is 0.497 e. The van der Waals surface area contributed by atoms with Gasteiger partial charge in [0.25, 0.3) is 0 Å². The van der Waals surface area contributed by atoms with Crippen LogP contribution in [-0.4, -0.2) is 38.1 Å². The lowest BCUT2D eigenvalue weighted by molar-refractivity contribution is -0.135. The maximum Gasteiger partial charge on any atom is 0.227 e. The van der Waals surface area contributed by atoms with E-state index in [1.165, 1.54) is 0 Å². The van der Waals surface area contributed by atoms with Crippen LogP contribution in [0.25, 0.3) is 0 Å². The van der Waals surface area contributed by atoms with Gasteiger partial charge < -0.3 is 15.0 Å². The van der Waals surface area contributed by atoms with Gasteiger partial charge >= 0.3 is 0 Å². The Morgan fingerprint density at radius 2 is 2.05 bits per heavy atom. The van der Waals surface area contributed by atoms with E-state index in [1.54, 1.807) is 7.11 Å². The molecule has 0 saturated carbocycles. The number of carbonyl (C=O) groups excluding carboxylic acids is 1. The van der Waals surface area contributed by atoms with Crippen molar-refractivity contribution in [3.63, 3.8) is 0 Å². The van der Waals surface area contributed by atoms with E-state index >= 15 is 0 Å². The van der Waals surface area contributed by atoms with Crippen LogP contribution < -0.4 is 10.1 Å². The molecule has 0 aromatic heterocycles. The molecule has 112 valence electrons. The number of amides is 1. The molecule has 2 atom stereocenters. The van der Waals surface area contributed by atoms with Crippen LogP contribution in [0.1, 0.15) is 24.9 Å². The molecule has 1 fully saturated rings. The third kappa shape index (κ3) is 3.64. The summed E-state index contributed by atoms with van der Waals surface area (Å²) in [4.78, 5) is 14.2. The van der Waals surface area contributed by atoms with Gasteiger partial charge in [-0.25, -0.2) is 0 Å². The van der Waals surface area contributed by atoms with Crippen molar-refractivity contribution in [2.45, 2.75) is 19.4 Å². The second-order valence-electron chi connectivity index (χ2n) is 5.09. The molecule has 1 saturated heterocycles. The van der Waals surface area contributed by atoms with Crippen molar-refractivity contribution < 1.29 is 9.53 Å². The van der Waals surface area contributed by atoms with Crippen molar-refractivity contribution >= 4 is 18.3 Å². The highest BCUT2D eigenvalue weighted by Gasteiger charge is 2.27. The second-order valence-corrected chi connectivity index (χ2v) is 5.09. The van der Waals surface area contributed by atoms with Gasteiger partial charge in [0.2, 0.25) is 5.91 Å². The summed E-state index contributed by atoms with van der Waals surface area (Å²) in [5.74, 6) is 1.20. The van der Waals surface area contributed by atoms with Gasteiger partial charge in [-0.3, -0.25) is 4.79 Å². The third-order valence-corrected chi connectivity index (χ3v) is 3.94. The molecule has 20 heavy (non-hydrogen) atoms. The number of halogens is 1. The van der Waals surface area contributed by atoms with Crippen molar-refractivity contribution in [1.29, 1.82) is 0 Å². The maximum atomic E-state index is 12.3. The number of benzene rings is 1. The Balaban J connectivity index is 0.00000200. The summed E-state index contributed by atoms with van der Waals surface area (Å²) in [6.07, 6.45) is 0.943. The van der Waals surface area contributed by atoms with Crippen LogP contribution in [-0.2, 0) is 4.79 Å². The zero-order valence-electron chi connectivity index (χ0n) is 12.3. The molecule has 0 aliphatic carbocycles. The zero-order chi connectivity index (χ0) is 13.8. The smallest absolute Gasteiger partial charge is 0.227 e. The Labute approximate surface area is 126 Å². The number of rotatable bonds is 4. The van der Waals surface area contributed by atoms with Crippen LogP contribution in [0, 0.1) is 5.92 Å². The summed E-state index contributed by atoms with van der Waals surface area (Å²) in [6, 6.07) is 7.97. The Kier molecular flexibility index (Phi) is 6.30. The first-order chi connectivity index (χ1) is 9.13. The molecule has 0 bridgehead atoms. The average molecular weight is 299 g/mol. The fraction of sp³-hybridized carbons (Fsp3) is 0.533. The Morgan fingerprint density at radius 3 is 2.55 bits per heavy atom. The van der Waals surface area contributed by atoms with Gasteiger partial charge in [0, 0.05) is 13.6 Å². The lowest BCUT2D eigenvalue weighted by Crippen LogP contribution is -2.35. The van der Waals surface area contributed by atoms with E-state index in [2.05, 4.69) is 12.2 Å². The van der Waals surface area contributed by atoms with Crippen molar-refractivity contribution in [2.75, 3.05) is 27.2 Å². The maximum absolute atomic E-state index is 12.3. The zero-order valence-corrected chi connectivity index (χ0v) is 13.1. The molecule has 1 aromatic rings. The Bertz CT molecular complexity index is 430. The number of nitrogens with zero attached hydrogens (tertiary/aromatic N) is 1. The summed E-state index contributed by atoms with van der Waals surface area (Å²) in [7, 11) is 3.54. The van der Waals surface area contributed by atoms with Crippen LogP contribution in [0.15, 0.2) is 24.3 Å². The first kappa shape index (κ1) is 16.8. The van der Waals surface area contributed by atoms with Gasteiger partial charge in [0.05, 0.1) is 19.1 Å². The van der Waals surface area contributed by atoms with E-state index < -0.39 is 0 Å². The van der Waals surface area contributed by atoms with E-state index in [1.807, 2.05) is 36.2 Å². The number of hydrogen-bond donors (Lipinski definition) is 1. The quantitative estimate of drug-likeness (QED) is 0.927. The molecular weight excluding hydrogens is 276 g/mol. The molecule has 0 radical (unpaired) electrons. The van der Waals surface area contributed by atoms with Gasteiger partial charge in [-0.1, -0.05) is 12.1 Å². The molecule has 0 spiro atoms. The first-order valence-electron chi connectivity index (χ1n) is 6.75. The molecule has 1 aliphatic rings. The van der Waals surface area contributed by atoms with Gasteiger partial charge in [0.15, 0.2) is 0 Å². The summed E-state index contributed by atoms with van der Waals surface area (Å²) in [6.45, 7) is 3.81. The van der Waals surface area contributed by atoms with Crippen LogP contribution in [0.2, 0.25) is 0 Å². The summed E-state index contributed by atoms with van der Waals surface area (Å²) < 4.78 is 5.15. The molecule has 1 aliphatic heterocycles. The lowest BCUT2D eigenvalue weighted by atomic mass is 10.0. The fourth-order valence-electron chi connectivity index (χ4n) is 2.45. The Hall–Kier alpha value is -1.26. The molecular formula is C15H23ClN2O2. The van der Waals surface area contributed by atoms with Gasteiger partial charge in [-0.2, -0.15) is 0 Å². The fourth-order valence-corrected chi connectivity index (χ4v) is 2.45. The SMILES string of the molecule is COc1ccc(C(C)N(C)C(=O)C2CCNC2)cc1.Cl. The van der Waals surface area contributed by atoms with Crippen molar-refractivity contribution in [1.82, 2.24) is 10.2 Å². The lowest BCUT2D eigenvalue weighted by Gasteiger charge is -2.27. The average Bonchev–Trinajstić information content (AvgIpc) is 2.99. The minimum atomic E-state index is 0. The van der Waals surface area contributed by atoms with E-state index in [0.717, 1.165) is 30.8 Å². The minimum Gasteiger partial charge on any atom is -0.497 e. The summed E-state index contributed by atoms with van der Waals surface area (Å²) >= 11 is 0. The molecule has 1 heterocycles. The normalized spacial score (nSPS) is 19.1. The number of carbonyl (C=O) groups is 1. The minimum absolute atomic E-state index is 0. The van der Waals surface area contributed by atoms with E-state index in [0.29, 0.717) is 0 Å². The number of ether oxygens (including phenoxy) is 1. The monoisotopic (exact) mass is 298 g/mol. The Morgan fingerprint density at radius 1 is 1.40 bits per heavy atom. The van der Waals surface area contributed by atoms with Crippen LogP contribution >= 0.6 is 12.4 Å². The predicted molar refractivity (Wildman–Crippen MR) is 82.4 cm³/mol. The number of nitrogens with one attached hydrogen (secondary N) is 1.